The summed E-state index contributed by atoms with van der Waals surface area (Å²) < 4.78 is 46.5. The number of ether oxygens (including phenoxy) is 3. The Morgan fingerprint density at radius 3 is 2.46 bits per heavy atom. The third-order valence-corrected chi connectivity index (χ3v) is 11.7. The fourth-order valence-electron chi connectivity index (χ4n) is 6.04. The molecular formula is C36H44ClN3O11S. The number of pyridine rings is 1. The van der Waals surface area contributed by atoms with Crippen LogP contribution in [0.1, 0.15) is 36.8 Å². The maximum Gasteiger partial charge on any atom is 0.246 e. The third kappa shape index (κ3) is 8.93. The lowest BCUT2D eigenvalue weighted by atomic mass is 9.96. The van der Waals surface area contributed by atoms with E-state index in [4.69, 9.17) is 30.9 Å². The Morgan fingerprint density at radius 1 is 1.02 bits per heavy atom. The van der Waals surface area contributed by atoms with Crippen LogP contribution in [-0.4, -0.2) is 119 Å². The number of nitrogens with zero attached hydrogens (tertiary/aromatic N) is 2. The number of aromatic nitrogens is 1. The van der Waals surface area contributed by atoms with Gasteiger partial charge in [0.2, 0.25) is 15.9 Å². The quantitative estimate of drug-likeness (QED) is 0.102. The lowest BCUT2D eigenvalue weighted by Crippen LogP contribution is -2.52. The van der Waals surface area contributed by atoms with Crippen LogP contribution in [0.5, 0.6) is 5.75 Å². The normalized spacial score (nSPS) is 19.7. The second-order valence-corrected chi connectivity index (χ2v) is 15.9. The van der Waals surface area contributed by atoms with Crippen molar-refractivity contribution in [3.05, 3.63) is 77.1 Å². The molecule has 4 atom stereocenters. The SMILES string of the molecule is O=C(COCC1CN(S(=O)(=O)c2ccc(Cl)c(COC3(c4cnccc4-c4ccccc4OC4CC4)CC3)c2)C1)NCC(O)C(O)C(O)C(O)CO. The second kappa shape index (κ2) is 16.4. The van der Waals surface area contributed by atoms with E-state index in [0.29, 0.717) is 10.6 Å². The predicted molar refractivity (Wildman–Crippen MR) is 188 cm³/mol. The minimum absolute atomic E-state index is 0.0877. The van der Waals surface area contributed by atoms with Crippen LogP contribution in [0, 0.1) is 5.92 Å². The molecule has 6 N–H and O–H groups in total. The third-order valence-electron chi connectivity index (χ3n) is 9.51. The Kier molecular flexibility index (Phi) is 12.2. The molecule has 0 bridgehead atoms. The summed E-state index contributed by atoms with van der Waals surface area (Å²) in [5.74, 6) is 0.0654. The van der Waals surface area contributed by atoms with Gasteiger partial charge in [0.1, 0.15) is 30.7 Å². The molecule has 3 aromatic rings. The first-order chi connectivity index (χ1) is 24.9. The van der Waals surface area contributed by atoms with Crippen molar-refractivity contribution < 1.29 is 53.0 Å². The van der Waals surface area contributed by atoms with Crippen LogP contribution in [0.25, 0.3) is 11.1 Å². The monoisotopic (exact) mass is 761 g/mol. The van der Waals surface area contributed by atoms with E-state index >= 15 is 0 Å². The van der Waals surface area contributed by atoms with E-state index in [-0.39, 0.29) is 49.8 Å². The highest BCUT2D eigenvalue weighted by atomic mass is 35.5. The van der Waals surface area contributed by atoms with Crippen LogP contribution < -0.4 is 10.1 Å². The average Bonchev–Trinajstić information content (AvgIpc) is 4.08. The highest BCUT2D eigenvalue weighted by Gasteiger charge is 2.48. The summed E-state index contributed by atoms with van der Waals surface area (Å²) >= 11 is 6.54. The van der Waals surface area contributed by atoms with Gasteiger partial charge in [-0.2, -0.15) is 4.31 Å². The molecule has 2 aliphatic carbocycles. The average molecular weight is 762 g/mol. The number of carbonyl (C=O) groups excluding carboxylic acids is 1. The van der Waals surface area contributed by atoms with Gasteiger partial charge in [-0.05, 0) is 67.1 Å². The van der Waals surface area contributed by atoms with Gasteiger partial charge in [-0.25, -0.2) is 8.42 Å². The number of sulfonamides is 1. The fourth-order valence-corrected chi connectivity index (χ4v) is 7.85. The molecule has 2 saturated carbocycles. The Morgan fingerprint density at radius 2 is 1.75 bits per heavy atom. The van der Waals surface area contributed by atoms with E-state index in [0.717, 1.165) is 48.1 Å². The number of para-hydroxylation sites is 1. The molecule has 2 aromatic carbocycles. The summed E-state index contributed by atoms with van der Waals surface area (Å²) in [6, 6.07) is 14.5. The van der Waals surface area contributed by atoms with Gasteiger partial charge in [0.05, 0.1) is 42.5 Å². The number of nitrogens with one attached hydrogen (secondary N) is 1. The molecule has 282 valence electrons. The molecule has 1 saturated heterocycles. The summed E-state index contributed by atoms with van der Waals surface area (Å²) in [4.78, 5) is 16.6. The molecule has 6 rings (SSSR count). The van der Waals surface area contributed by atoms with Gasteiger partial charge < -0.3 is 45.1 Å². The highest BCUT2D eigenvalue weighted by Crippen LogP contribution is 2.53. The van der Waals surface area contributed by atoms with Crippen molar-refractivity contribution in [3.63, 3.8) is 0 Å². The van der Waals surface area contributed by atoms with E-state index in [1.165, 1.54) is 10.4 Å². The molecule has 1 amide bonds. The first kappa shape index (κ1) is 38.5. The minimum atomic E-state index is -3.85. The maximum absolute atomic E-state index is 13.5. The number of aliphatic hydroxyl groups is 5. The van der Waals surface area contributed by atoms with Gasteiger partial charge >= 0.3 is 0 Å². The molecule has 4 unspecified atom stereocenters. The first-order valence-electron chi connectivity index (χ1n) is 17.2. The van der Waals surface area contributed by atoms with Gasteiger partial charge in [-0.15, -0.1) is 0 Å². The molecule has 3 aliphatic rings. The molecule has 0 spiro atoms. The number of rotatable bonds is 19. The fraction of sp³-hybridized carbons (Fsp3) is 0.500. The van der Waals surface area contributed by atoms with Gasteiger partial charge in [-0.1, -0.05) is 29.8 Å². The zero-order valence-corrected chi connectivity index (χ0v) is 30.0. The molecule has 0 radical (unpaired) electrons. The number of hydrogen-bond donors (Lipinski definition) is 6. The van der Waals surface area contributed by atoms with E-state index in [2.05, 4.69) is 10.3 Å². The summed E-state index contributed by atoms with van der Waals surface area (Å²) in [5, 5.41) is 50.4. The lowest BCUT2D eigenvalue weighted by molar-refractivity contribution is -0.130. The summed E-state index contributed by atoms with van der Waals surface area (Å²) in [7, 11) is -3.85. The molecule has 1 aromatic heterocycles. The van der Waals surface area contributed by atoms with Crippen molar-refractivity contribution in [2.24, 2.45) is 5.92 Å². The number of amides is 1. The Hall–Kier alpha value is -3.22. The predicted octanol–water partition coefficient (Wildman–Crippen LogP) is 1.34. The van der Waals surface area contributed by atoms with Crippen LogP contribution in [0.15, 0.2) is 65.8 Å². The van der Waals surface area contributed by atoms with E-state index in [1.807, 2.05) is 36.5 Å². The lowest BCUT2D eigenvalue weighted by Gasteiger charge is -2.37. The molecule has 52 heavy (non-hydrogen) atoms. The van der Waals surface area contributed by atoms with Crippen molar-refractivity contribution in [2.45, 2.75) is 73.3 Å². The molecule has 1 aliphatic heterocycles. The van der Waals surface area contributed by atoms with Crippen molar-refractivity contribution in [1.82, 2.24) is 14.6 Å². The largest absolute Gasteiger partial charge is 0.490 e. The molecule has 16 heteroatoms. The van der Waals surface area contributed by atoms with Crippen molar-refractivity contribution >= 4 is 27.5 Å². The Balaban J connectivity index is 1.00. The smallest absolute Gasteiger partial charge is 0.246 e. The van der Waals surface area contributed by atoms with Crippen molar-refractivity contribution in [3.8, 4) is 16.9 Å². The summed E-state index contributed by atoms with van der Waals surface area (Å²) in [6.07, 6.45) is 0.602. The van der Waals surface area contributed by atoms with Gasteiger partial charge in [0, 0.05) is 54.1 Å². The van der Waals surface area contributed by atoms with Crippen LogP contribution in [0.3, 0.4) is 0 Å². The topological polar surface area (TPSA) is 208 Å². The Bertz CT molecular complexity index is 1820. The van der Waals surface area contributed by atoms with Crippen LogP contribution in [0.4, 0.5) is 0 Å². The number of hydrogen-bond acceptors (Lipinski definition) is 12. The zero-order valence-electron chi connectivity index (χ0n) is 28.4. The molecule has 14 nitrogen and oxygen atoms in total. The van der Waals surface area contributed by atoms with E-state index in [1.54, 1.807) is 18.3 Å². The standard InChI is InChI=1S/C36H44ClN3O11S/c37-29-8-7-25(52(47,48)40-16-22(17-40)19-49-21-33(44)39-15-30(42)34(45)35(46)31(43)18-41)13-23(29)20-50-36(10-11-36)28-14-38-12-9-26(28)27-3-1-2-4-32(27)51-24-5-6-24/h1-4,7-9,12-14,22,24,30-31,34-35,41-43,45-46H,5-6,10-11,15-21H2,(H,39,44). The van der Waals surface area contributed by atoms with E-state index in [9.17, 15) is 33.6 Å². The van der Waals surface area contributed by atoms with Crippen molar-refractivity contribution in [2.75, 3.05) is 39.5 Å². The molecular weight excluding hydrogens is 718 g/mol. The maximum atomic E-state index is 13.5. The number of benzene rings is 2. The van der Waals surface area contributed by atoms with Crippen LogP contribution in [0.2, 0.25) is 5.02 Å². The first-order valence-corrected chi connectivity index (χ1v) is 19.0. The summed E-state index contributed by atoms with van der Waals surface area (Å²) in [6.45, 7) is -1.05. The van der Waals surface area contributed by atoms with Crippen molar-refractivity contribution in [1.29, 1.82) is 0 Å². The van der Waals surface area contributed by atoms with Gasteiger partial charge in [0.25, 0.3) is 0 Å². The second-order valence-electron chi connectivity index (χ2n) is 13.6. The summed E-state index contributed by atoms with van der Waals surface area (Å²) in [5.41, 5.74) is 2.84. The molecule has 3 fully saturated rings. The Labute approximate surface area is 307 Å². The minimum Gasteiger partial charge on any atom is -0.490 e. The van der Waals surface area contributed by atoms with Gasteiger partial charge in [0.15, 0.2) is 0 Å². The molecule has 2 heterocycles. The van der Waals surface area contributed by atoms with Crippen LogP contribution >= 0.6 is 11.6 Å². The number of carbonyl (C=O) groups is 1. The number of halogens is 1. The zero-order chi connectivity index (χ0) is 37.0. The van der Waals surface area contributed by atoms with E-state index < -0.39 is 59.1 Å². The highest BCUT2D eigenvalue weighted by molar-refractivity contribution is 7.89. The van der Waals surface area contributed by atoms with Gasteiger partial charge in [-0.3, -0.25) is 9.78 Å². The number of aliphatic hydroxyl groups excluding tert-OH is 5. The van der Waals surface area contributed by atoms with Crippen LogP contribution in [-0.2, 0) is 36.5 Å².